The maximum Gasteiger partial charge on any atom is 0.416 e. The van der Waals surface area contributed by atoms with Crippen molar-refractivity contribution in [2.45, 2.75) is 18.0 Å². The van der Waals surface area contributed by atoms with Crippen LogP contribution in [0.2, 0.25) is 0 Å². The summed E-state index contributed by atoms with van der Waals surface area (Å²) in [6.45, 7) is 5.86. The van der Waals surface area contributed by atoms with Gasteiger partial charge in [0, 0.05) is 36.0 Å². The molecule has 2 heterocycles. The number of morpholine rings is 1. The molecule has 4 rings (SSSR count). The van der Waals surface area contributed by atoms with Crippen LogP contribution in [0.3, 0.4) is 0 Å². The van der Waals surface area contributed by atoms with Gasteiger partial charge in [0.1, 0.15) is 6.07 Å². The zero-order valence-corrected chi connectivity index (χ0v) is 20.3. The summed E-state index contributed by atoms with van der Waals surface area (Å²) in [7, 11) is 0. The van der Waals surface area contributed by atoms with Crippen LogP contribution in [0.5, 0.6) is 0 Å². The van der Waals surface area contributed by atoms with Crippen LogP contribution in [-0.4, -0.2) is 59.2 Å². The van der Waals surface area contributed by atoms with Crippen LogP contribution in [0, 0.1) is 18.3 Å². The molecule has 0 saturated carbocycles. The highest BCUT2D eigenvalue weighted by atomic mass is 32.2. The number of nitrogens with one attached hydrogen (secondary N) is 1. The highest BCUT2D eigenvalue weighted by molar-refractivity contribution is 7.99. The molecule has 188 valence electrons. The van der Waals surface area contributed by atoms with E-state index in [0.29, 0.717) is 22.6 Å². The number of halogens is 3. The molecule has 1 fully saturated rings. The highest BCUT2D eigenvalue weighted by Gasteiger charge is 2.30. The SMILES string of the molecule is Cc1c(C(=O)Nc2ccc(SCCN3CCOCC3)c(C#N)c2)cnn1-c1ccc(C(F)(F)F)cc1. The third kappa shape index (κ3) is 6.07. The summed E-state index contributed by atoms with van der Waals surface area (Å²) in [5.74, 6) is 0.408. The number of rotatable bonds is 7. The summed E-state index contributed by atoms with van der Waals surface area (Å²) in [6, 6.07) is 11.9. The number of alkyl halides is 3. The first-order chi connectivity index (χ1) is 17.3. The lowest BCUT2D eigenvalue weighted by atomic mass is 10.2. The molecule has 0 atom stereocenters. The lowest BCUT2D eigenvalue weighted by molar-refractivity contribution is -0.137. The van der Waals surface area contributed by atoms with Gasteiger partial charge in [0.25, 0.3) is 5.91 Å². The molecular formula is C25H24F3N5O2S. The maximum atomic E-state index is 12.9. The Labute approximate surface area is 210 Å². The van der Waals surface area contributed by atoms with Gasteiger partial charge in [-0.2, -0.15) is 23.5 Å². The minimum atomic E-state index is -4.43. The number of aromatic nitrogens is 2. The van der Waals surface area contributed by atoms with E-state index in [-0.39, 0.29) is 5.56 Å². The number of carbonyl (C=O) groups excluding carboxylic acids is 1. The van der Waals surface area contributed by atoms with Gasteiger partial charge in [0.15, 0.2) is 0 Å². The fourth-order valence-electron chi connectivity index (χ4n) is 3.81. The number of benzene rings is 2. The quantitative estimate of drug-likeness (QED) is 0.458. The predicted molar refractivity (Wildman–Crippen MR) is 130 cm³/mol. The highest BCUT2D eigenvalue weighted by Crippen LogP contribution is 2.30. The normalized spacial score (nSPS) is 14.4. The smallest absolute Gasteiger partial charge is 0.379 e. The molecule has 0 radical (unpaired) electrons. The number of ether oxygens (including phenoxy) is 1. The lowest BCUT2D eigenvalue weighted by Crippen LogP contribution is -2.37. The second kappa shape index (κ2) is 11.2. The number of amides is 1. The Balaban J connectivity index is 1.41. The predicted octanol–water partition coefficient (Wildman–Crippen LogP) is 4.75. The summed E-state index contributed by atoms with van der Waals surface area (Å²) in [5.41, 5.74) is 1.34. The van der Waals surface area contributed by atoms with Gasteiger partial charge >= 0.3 is 6.18 Å². The number of carbonyl (C=O) groups is 1. The molecule has 1 aliphatic rings. The van der Waals surface area contributed by atoms with Crippen molar-refractivity contribution in [1.82, 2.24) is 14.7 Å². The first-order valence-electron chi connectivity index (χ1n) is 11.3. The van der Waals surface area contributed by atoms with E-state index in [4.69, 9.17) is 4.74 Å². The molecule has 0 aliphatic carbocycles. The molecule has 36 heavy (non-hydrogen) atoms. The van der Waals surface area contributed by atoms with Crippen LogP contribution < -0.4 is 5.32 Å². The van der Waals surface area contributed by atoms with E-state index >= 15 is 0 Å². The van der Waals surface area contributed by atoms with Gasteiger partial charge in [-0.05, 0) is 49.4 Å². The average Bonchev–Trinajstić information content (AvgIpc) is 3.26. The minimum absolute atomic E-state index is 0.275. The van der Waals surface area contributed by atoms with Crippen LogP contribution in [0.4, 0.5) is 18.9 Å². The van der Waals surface area contributed by atoms with Crippen molar-refractivity contribution < 1.29 is 22.7 Å². The van der Waals surface area contributed by atoms with Crippen molar-refractivity contribution in [2.24, 2.45) is 0 Å². The molecule has 3 aromatic rings. The maximum absolute atomic E-state index is 12.9. The first-order valence-corrected chi connectivity index (χ1v) is 12.3. The van der Waals surface area contributed by atoms with Crippen LogP contribution in [0.15, 0.2) is 53.6 Å². The van der Waals surface area contributed by atoms with Crippen LogP contribution in [0.25, 0.3) is 5.69 Å². The van der Waals surface area contributed by atoms with E-state index in [1.807, 2.05) is 6.07 Å². The number of thioether (sulfide) groups is 1. The second-order valence-electron chi connectivity index (χ2n) is 8.18. The molecule has 1 amide bonds. The van der Waals surface area contributed by atoms with Gasteiger partial charge in [-0.3, -0.25) is 9.69 Å². The monoisotopic (exact) mass is 515 g/mol. The Kier molecular flexibility index (Phi) is 7.98. The number of hydrogen-bond acceptors (Lipinski definition) is 6. The molecular weight excluding hydrogens is 491 g/mol. The van der Waals surface area contributed by atoms with Crippen molar-refractivity contribution in [3.63, 3.8) is 0 Å². The van der Waals surface area contributed by atoms with Crippen molar-refractivity contribution in [2.75, 3.05) is 43.9 Å². The fraction of sp³-hybridized carbons (Fsp3) is 0.320. The van der Waals surface area contributed by atoms with Gasteiger partial charge in [-0.25, -0.2) is 4.68 Å². The first kappa shape index (κ1) is 25.8. The van der Waals surface area contributed by atoms with E-state index in [2.05, 4.69) is 21.4 Å². The van der Waals surface area contributed by atoms with Gasteiger partial charge in [-0.1, -0.05) is 0 Å². The molecule has 11 heteroatoms. The van der Waals surface area contributed by atoms with Gasteiger partial charge in [0.2, 0.25) is 0 Å². The molecule has 1 aliphatic heterocycles. The summed E-state index contributed by atoms with van der Waals surface area (Å²) in [4.78, 5) is 16.0. The molecule has 1 N–H and O–H groups in total. The Bertz CT molecular complexity index is 1260. The van der Waals surface area contributed by atoms with E-state index in [1.165, 1.54) is 23.0 Å². The Morgan fingerprint density at radius 3 is 2.58 bits per heavy atom. The molecule has 7 nitrogen and oxygen atoms in total. The lowest BCUT2D eigenvalue weighted by Gasteiger charge is -2.26. The van der Waals surface area contributed by atoms with Crippen LogP contribution >= 0.6 is 11.8 Å². The summed E-state index contributed by atoms with van der Waals surface area (Å²) in [5, 5.41) is 16.5. The van der Waals surface area contributed by atoms with Crippen molar-refractivity contribution in [1.29, 1.82) is 5.26 Å². The van der Waals surface area contributed by atoms with E-state index in [0.717, 1.165) is 55.6 Å². The number of nitrogens with zero attached hydrogens (tertiary/aromatic N) is 4. The topological polar surface area (TPSA) is 83.2 Å². The minimum Gasteiger partial charge on any atom is -0.379 e. The second-order valence-corrected chi connectivity index (χ2v) is 9.32. The number of anilines is 1. The largest absolute Gasteiger partial charge is 0.416 e. The zero-order valence-electron chi connectivity index (χ0n) is 19.5. The molecule has 0 bridgehead atoms. The van der Waals surface area contributed by atoms with E-state index in [1.54, 1.807) is 30.8 Å². The van der Waals surface area contributed by atoms with Crippen molar-refractivity contribution in [3.8, 4) is 11.8 Å². The Morgan fingerprint density at radius 2 is 1.92 bits per heavy atom. The molecule has 0 unspecified atom stereocenters. The molecule has 1 aromatic heterocycles. The Hall–Kier alpha value is -3.33. The van der Waals surface area contributed by atoms with Crippen LogP contribution in [-0.2, 0) is 10.9 Å². The number of nitriles is 1. The van der Waals surface area contributed by atoms with Crippen molar-refractivity contribution >= 4 is 23.4 Å². The van der Waals surface area contributed by atoms with E-state index in [9.17, 15) is 23.2 Å². The summed E-state index contributed by atoms with van der Waals surface area (Å²) < 4.78 is 45.3. The third-order valence-corrected chi connectivity index (χ3v) is 6.87. The zero-order chi connectivity index (χ0) is 25.7. The van der Waals surface area contributed by atoms with Gasteiger partial charge in [0.05, 0.1) is 47.5 Å². The van der Waals surface area contributed by atoms with Gasteiger partial charge in [-0.15, -0.1) is 11.8 Å². The molecule has 0 spiro atoms. The molecule has 2 aromatic carbocycles. The average molecular weight is 516 g/mol. The fourth-order valence-corrected chi connectivity index (χ4v) is 4.81. The summed E-state index contributed by atoms with van der Waals surface area (Å²) >= 11 is 1.59. The van der Waals surface area contributed by atoms with Gasteiger partial charge < -0.3 is 10.1 Å². The third-order valence-electron chi connectivity index (χ3n) is 5.82. The standard InChI is InChI=1S/C25H24F3N5O2S/c1-17-22(16-30-33(17)21-5-2-19(3-6-21)25(26,27)28)24(34)31-20-4-7-23(18(14-20)15-29)36-13-10-32-8-11-35-12-9-32/h2-7,14,16H,8-13H2,1H3,(H,31,34). The summed E-state index contributed by atoms with van der Waals surface area (Å²) in [6.07, 6.45) is -3.06. The van der Waals surface area contributed by atoms with E-state index < -0.39 is 17.6 Å². The Morgan fingerprint density at radius 1 is 1.19 bits per heavy atom. The number of hydrogen-bond donors (Lipinski definition) is 1. The van der Waals surface area contributed by atoms with Crippen molar-refractivity contribution in [3.05, 3.63) is 71.0 Å². The van der Waals surface area contributed by atoms with Crippen LogP contribution in [0.1, 0.15) is 27.2 Å². The molecule has 1 saturated heterocycles.